The molecule has 40 heavy (non-hydrogen) atoms. The van der Waals surface area contributed by atoms with E-state index < -0.39 is 6.04 Å². The van der Waals surface area contributed by atoms with Crippen LogP contribution in [0.25, 0.3) is 11.5 Å². The highest BCUT2D eigenvalue weighted by molar-refractivity contribution is 5.92. The van der Waals surface area contributed by atoms with E-state index in [0.29, 0.717) is 17.2 Å². The first kappa shape index (κ1) is 25.2. The van der Waals surface area contributed by atoms with Crippen LogP contribution in [0.2, 0.25) is 0 Å². The van der Waals surface area contributed by atoms with Gasteiger partial charge in [-0.3, -0.25) is 0 Å². The number of nitrogens with one attached hydrogen (secondary N) is 1. The fourth-order valence-electron chi connectivity index (χ4n) is 5.23. The fourth-order valence-corrected chi connectivity index (χ4v) is 5.23. The van der Waals surface area contributed by atoms with Crippen molar-refractivity contribution in [2.45, 2.75) is 19.5 Å². The second kappa shape index (κ2) is 10.3. The van der Waals surface area contributed by atoms with Crippen LogP contribution in [0.1, 0.15) is 28.6 Å². The lowest BCUT2D eigenvalue weighted by molar-refractivity contribution is 0.194. The van der Waals surface area contributed by atoms with E-state index in [0.717, 1.165) is 34.0 Å². The van der Waals surface area contributed by atoms with Gasteiger partial charge in [-0.2, -0.15) is 5.10 Å². The van der Waals surface area contributed by atoms with E-state index in [1.165, 1.54) is 19.2 Å². The minimum absolute atomic E-state index is 0.266. The molecule has 1 atom stereocenters. The summed E-state index contributed by atoms with van der Waals surface area (Å²) in [6.07, 6.45) is 1.97. The number of amides is 2. The van der Waals surface area contributed by atoms with Crippen LogP contribution in [-0.2, 0) is 6.54 Å². The highest BCUT2D eigenvalue weighted by Gasteiger charge is 2.36. The molecule has 2 amide bonds. The average Bonchev–Trinajstić information content (AvgIpc) is 3.54. The number of methoxy groups -OCH3 is 2. The normalized spacial score (nSPS) is 14.2. The zero-order valence-electron chi connectivity index (χ0n) is 22.3. The number of aryl methyl sites for hydroxylation is 1. The molecule has 0 aliphatic carbocycles. The lowest BCUT2D eigenvalue weighted by atomic mass is 10.0. The number of hydrogen-bond donors (Lipinski definition) is 1. The van der Waals surface area contributed by atoms with Gasteiger partial charge in [0.25, 0.3) is 0 Å². The van der Waals surface area contributed by atoms with Gasteiger partial charge in [-0.25, -0.2) is 13.9 Å². The Kier molecular flexibility index (Phi) is 6.47. The summed E-state index contributed by atoms with van der Waals surface area (Å²) in [6, 6.07) is 24.5. The summed E-state index contributed by atoms with van der Waals surface area (Å²) < 4.78 is 28.8. The van der Waals surface area contributed by atoms with E-state index >= 15 is 0 Å². The molecule has 0 saturated carbocycles. The molecule has 9 heteroatoms. The quantitative estimate of drug-likeness (QED) is 0.287. The molecular formula is C31H28FN5O3. The Morgan fingerprint density at radius 1 is 0.975 bits per heavy atom. The van der Waals surface area contributed by atoms with Gasteiger partial charge in [-0.15, -0.1) is 0 Å². The minimum atomic E-state index is -0.518. The molecule has 3 aromatic carbocycles. The number of para-hydroxylation sites is 1. The smallest absolute Gasteiger partial charge is 0.323 e. The van der Waals surface area contributed by atoms with Gasteiger partial charge < -0.3 is 24.3 Å². The zero-order valence-corrected chi connectivity index (χ0v) is 22.3. The lowest BCUT2D eigenvalue weighted by Crippen LogP contribution is -2.38. The number of rotatable bonds is 5. The van der Waals surface area contributed by atoms with Crippen molar-refractivity contribution >= 4 is 11.7 Å². The first-order chi connectivity index (χ1) is 19.5. The van der Waals surface area contributed by atoms with Crippen molar-refractivity contribution in [3.8, 4) is 23.0 Å². The Bertz CT molecular complexity index is 1680. The van der Waals surface area contributed by atoms with Crippen molar-refractivity contribution in [1.29, 1.82) is 0 Å². The Hall–Kier alpha value is -5.05. The van der Waals surface area contributed by atoms with Gasteiger partial charge in [-0.05, 0) is 61.0 Å². The van der Waals surface area contributed by atoms with E-state index in [1.54, 1.807) is 42.3 Å². The second-order valence-electron chi connectivity index (χ2n) is 9.52. The van der Waals surface area contributed by atoms with Crippen LogP contribution in [-0.4, -0.2) is 39.5 Å². The van der Waals surface area contributed by atoms with Crippen molar-refractivity contribution in [1.82, 2.24) is 19.2 Å². The number of fused-ring (bicyclic) bond motifs is 3. The molecule has 1 aliphatic rings. The van der Waals surface area contributed by atoms with Gasteiger partial charge in [0.2, 0.25) is 0 Å². The number of urea groups is 1. The number of hydrogen-bond acceptors (Lipinski definition) is 4. The Morgan fingerprint density at radius 2 is 1.75 bits per heavy atom. The number of ether oxygens (including phenoxy) is 2. The molecule has 8 nitrogen and oxygen atoms in total. The van der Waals surface area contributed by atoms with Crippen LogP contribution in [0.15, 0.2) is 91.1 Å². The summed E-state index contributed by atoms with van der Waals surface area (Å²) in [4.78, 5) is 15.9. The zero-order chi connectivity index (χ0) is 27.8. The van der Waals surface area contributed by atoms with E-state index in [-0.39, 0.29) is 18.4 Å². The van der Waals surface area contributed by atoms with E-state index in [4.69, 9.17) is 14.6 Å². The largest absolute Gasteiger partial charge is 0.497 e. The first-order valence-electron chi connectivity index (χ1n) is 12.8. The molecule has 6 rings (SSSR count). The molecule has 0 radical (unpaired) electrons. The molecule has 0 spiro atoms. The van der Waals surface area contributed by atoms with Gasteiger partial charge in [0.1, 0.15) is 23.1 Å². The third-order valence-corrected chi connectivity index (χ3v) is 7.18. The van der Waals surface area contributed by atoms with Crippen LogP contribution in [0.3, 0.4) is 0 Å². The average molecular weight is 538 g/mol. The van der Waals surface area contributed by atoms with Crippen LogP contribution < -0.4 is 14.8 Å². The standard InChI is InChI=1S/C31H28FN5O3/c1-20-25-19-36(31(38)33-26-16-15-24(39-2)18-28(26)40-3)29(21-11-13-22(32)14-12-21)27-10-7-17-35(27)30(25)37(34-20)23-8-5-4-6-9-23/h4-18,29H,19H2,1-3H3,(H,33,38)/t29-/m0/s1. The Labute approximate surface area is 231 Å². The molecular weight excluding hydrogens is 509 g/mol. The van der Waals surface area contributed by atoms with Crippen LogP contribution in [0.4, 0.5) is 14.9 Å². The van der Waals surface area contributed by atoms with E-state index in [2.05, 4.69) is 9.88 Å². The van der Waals surface area contributed by atoms with Gasteiger partial charge >= 0.3 is 6.03 Å². The minimum Gasteiger partial charge on any atom is -0.497 e. The Balaban J connectivity index is 1.51. The molecule has 5 aromatic rings. The SMILES string of the molecule is COc1ccc(NC(=O)N2Cc3c(C)nn(-c4ccccc4)c3-n3cccc3[C@@H]2c2ccc(F)cc2)c(OC)c1. The van der Waals surface area contributed by atoms with Crippen molar-refractivity contribution in [2.75, 3.05) is 19.5 Å². The summed E-state index contributed by atoms with van der Waals surface area (Å²) in [7, 11) is 3.11. The van der Waals surface area contributed by atoms with Crippen molar-refractivity contribution in [3.63, 3.8) is 0 Å². The van der Waals surface area contributed by atoms with Gasteiger partial charge in [0.15, 0.2) is 0 Å². The second-order valence-corrected chi connectivity index (χ2v) is 9.52. The highest BCUT2D eigenvalue weighted by atomic mass is 19.1. The number of nitrogens with zero attached hydrogens (tertiary/aromatic N) is 4. The number of carbonyl (C=O) groups is 1. The molecule has 1 aliphatic heterocycles. The number of carbonyl (C=O) groups excluding carboxylic acids is 1. The third-order valence-electron chi connectivity index (χ3n) is 7.18. The number of anilines is 1. The molecule has 3 heterocycles. The highest BCUT2D eigenvalue weighted by Crippen LogP contribution is 2.39. The van der Waals surface area contributed by atoms with Crippen LogP contribution in [0, 0.1) is 12.7 Å². The van der Waals surface area contributed by atoms with Crippen LogP contribution in [0.5, 0.6) is 11.5 Å². The lowest BCUT2D eigenvalue weighted by Gasteiger charge is -2.31. The molecule has 0 saturated heterocycles. The maximum absolute atomic E-state index is 14.1. The molecule has 0 bridgehead atoms. The predicted octanol–water partition coefficient (Wildman–Crippen LogP) is 6.26. The molecule has 0 unspecified atom stereocenters. The maximum atomic E-state index is 14.1. The third kappa shape index (κ3) is 4.35. The number of benzene rings is 3. The summed E-state index contributed by atoms with van der Waals surface area (Å²) in [5.74, 6) is 1.59. The molecule has 2 aromatic heterocycles. The van der Waals surface area contributed by atoms with Gasteiger partial charge in [0, 0.05) is 17.8 Å². The van der Waals surface area contributed by atoms with E-state index in [9.17, 15) is 9.18 Å². The van der Waals surface area contributed by atoms with Crippen molar-refractivity contribution < 1.29 is 18.7 Å². The summed E-state index contributed by atoms with van der Waals surface area (Å²) in [6.45, 7) is 2.21. The monoisotopic (exact) mass is 537 g/mol. The van der Waals surface area contributed by atoms with Crippen molar-refractivity contribution in [2.24, 2.45) is 0 Å². The molecule has 0 fully saturated rings. The van der Waals surface area contributed by atoms with Crippen LogP contribution >= 0.6 is 0 Å². The number of halogens is 1. The first-order valence-corrected chi connectivity index (χ1v) is 12.8. The molecule has 1 N–H and O–H groups in total. The van der Waals surface area contributed by atoms with Gasteiger partial charge in [-0.1, -0.05) is 30.3 Å². The predicted molar refractivity (Wildman–Crippen MR) is 150 cm³/mol. The number of aromatic nitrogens is 3. The van der Waals surface area contributed by atoms with Crippen molar-refractivity contribution in [3.05, 3.63) is 119 Å². The summed E-state index contributed by atoms with van der Waals surface area (Å²) >= 11 is 0. The molecule has 202 valence electrons. The fraction of sp³-hybridized carbons (Fsp3) is 0.161. The topological polar surface area (TPSA) is 73.5 Å². The van der Waals surface area contributed by atoms with E-state index in [1.807, 2.05) is 60.3 Å². The Morgan fingerprint density at radius 3 is 2.48 bits per heavy atom. The van der Waals surface area contributed by atoms with Gasteiger partial charge in [0.05, 0.1) is 49.6 Å². The maximum Gasteiger partial charge on any atom is 0.323 e. The summed E-state index contributed by atoms with van der Waals surface area (Å²) in [5.41, 5.74) is 4.74. The summed E-state index contributed by atoms with van der Waals surface area (Å²) in [5, 5.41) is 7.90.